The number of hydrogen-bond donors (Lipinski definition) is 1. The molecule has 104 valence electrons. The molecule has 2 N–H and O–H groups in total. The molecule has 0 atom stereocenters. The maximum absolute atomic E-state index is 12.4. The normalized spacial score (nSPS) is 10.3. The molecule has 0 fully saturated rings. The standard InChI is InChI=1S/C15H14Br2N2O/c1-19(9-10-3-2-4-12(16)7-10)15(20)11-5-6-14(18)13(17)8-11/h2-8H,9,18H2,1H3. The summed E-state index contributed by atoms with van der Waals surface area (Å²) in [6.07, 6.45) is 0. The molecule has 0 saturated carbocycles. The minimum Gasteiger partial charge on any atom is -0.398 e. The third kappa shape index (κ3) is 3.61. The summed E-state index contributed by atoms with van der Waals surface area (Å²) in [4.78, 5) is 14.0. The van der Waals surface area contributed by atoms with Crippen molar-refractivity contribution in [3.05, 3.63) is 62.5 Å². The molecule has 0 unspecified atom stereocenters. The van der Waals surface area contributed by atoms with Crippen molar-refractivity contribution >= 4 is 43.5 Å². The zero-order chi connectivity index (χ0) is 14.7. The van der Waals surface area contributed by atoms with E-state index in [0.717, 1.165) is 14.5 Å². The monoisotopic (exact) mass is 396 g/mol. The molecule has 0 aliphatic heterocycles. The quantitative estimate of drug-likeness (QED) is 0.793. The molecule has 0 saturated heterocycles. The Bertz CT molecular complexity index is 644. The summed E-state index contributed by atoms with van der Waals surface area (Å²) in [5, 5.41) is 0. The van der Waals surface area contributed by atoms with Crippen LogP contribution in [0.2, 0.25) is 0 Å². The van der Waals surface area contributed by atoms with Gasteiger partial charge in [-0.2, -0.15) is 0 Å². The molecule has 2 aromatic carbocycles. The first-order valence-electron chi connectivity index (χ1n) is 6.02. The lowest BCUT2D eigenvalue weighted by atomic mass is 10.1. The predicted octanol–water partition coefficient (Wildman–Crippen LogP) is 4.07. The molecule has 3 nitrogen and oxygen atoms in total. The van der Waals surface area contributed by atoms with Gasteiger partial charge in [0.2, 0.25) is 0 Å². The second-order valence-electron chi connectivity index (χ2n) is 4.53. The fraction of sp³-hybridized carbons (Fsp3) is 0.133. The van der Waals surface area contributed by atoms with Crippen LogP contribution in [0.1, 0.15) is 15.9 Å². The first-order valence-corrected chi connectivity index (χ1v) is 7.61. The maximum atomic E-state index is 12.4. The second-order valence-corrected chi connectivity index (χ2v) is 6.30. The number of benzene rings is 2. The molecular weight excluding hydrogens is 384 g/mol. The van der Waals surface area contributed by atoms with Crippen LogP contribution in [0.4, 0.5) is 5.69 Å². The Balaban J connectivity index is 2.14. The van der Waals surface area contributed by atoms with Gasteiger partial charge in [-0.15, -0.1) is 0 Å². The number of anilines is 1. The van der Waals surface area contributed by atoms with E-state index in [4.69, 9.17) is 5.73 Å². The smallest absolute Gasteiger partial charge is 0.253 e. The molecule has 2 aromatic rings. The van der Waals surface area contributed by atoms with E-state index in [1.54, 1.807) is 30.1 Å². The molecule has 0 aliphatic carbocycles. The summed E-state index contributed by atoms with van der Waals surface area (Å²) in [6, 6.07) is 13.1. The van der Waals surface area contributed by atoms with Gasteiger partial charge in [0.15, 0.2) is 0 Å². The van der Waals surface area contributed by atoms with Crippen LogP contribution < -0.4 is 5.73 Å². The van der Waals surface area contributed by atoms with E-state index in [2.05, 4.69) is 31.9 Å². The fourth-order valence-electron chi connectivity index (χ4n) is 1.86. The van der Waals surface area contributed by atoms with E-state index >= 15 is 0 Å². The number of nitrogen functional groups attached to an aromatic ring is 1. The van der Waals surface area contributed by atoms with E-state index in [1.165, 1.54) is 0 Å². The van der Waals surface area contributed by atoms with Gasteiger partial charge in [-0.25, -0.2) is 0 Å². The maximum Gasteiger partial charge on any atom is 0.253 e. The Hall–Kier alpha value is -1.33. The van der Waals surface area contributed by atoms with E-state index in [-0.39, 0.29) is 5.91 Å². The average molecular weight is 398 g/mol. The number of amides is 1. The molecule has 0 aromatic heterocycles. The number of carbonyl (C=O) groups excluding carboxylic acids is 1. The van der Waals surface area contributed by atoms with Gasteiger partial charge in [0, 0.05) is 33.8 Å². The average Bonchev–Trinajstić information content (AvgIpc) is 2.41. The number of nitrogens with zero attached hydrogens (tertiary/aromatic N) is 1. The van der Waals surface area contributed by atoms with Crippen molar-refractivity contribution in [2.45, 2.75) is 6.54 Å². The Kier molecular flexibility index (Phi) is 4.83. The molecule has 0 bridgehead atoms. The van der Waals surface area contributed by atoms with E-state index in [9.17, 15) is 4.79 Å². The fourth-order valence-corrected chi connectivity index (χ4v) is 2.69. The second kappa shape index (κ2) is 6.41. The van der Waals surface area contributed by atoms with Gasteiger partial charge in [-0.3, -0.25) is 4.79 Å². The molecule has 2 rings (SSSR count). The summed E-state index contributed by atoms with van der Waals surface area (Å²) in [5.41, 5.74) is 8.04. The summed E-state index contributed by atoms with van der Waals surface area (Å²) in [6.45, 7) is 0.556. The van der Waals surface area contributed by atoms with Crippen LogP contribution in [0.3, 0.4) is 0 Å². The highest BCUT2D eigenvalue weighted by atomic mass is 79.9. The molecular formula is C15H14Br2N2O. The summed E-state index contributed by atoms with van der Waals surface area (Å²) >= 11 is 6.77. The van der Waals surface area contributed by atoms with Crippen LogP contribution >= 0.6 is 31.9 Å². The summed E-state index contributed by atoms with van der Waals surface area (Å²) in [5.74, 6) is -0.0364. The van der Waals surface area contributed by atoms with E-state index in [0.29, 0.717) is 17.8 Å². The van der Waals surface area contributed by atoms with Crippen LogP contribution in [-0.4, -0.2) is 17.9 Å². The molecule has 1 amide bonds. The van der Waals surface area contributed by atoms with Gasteiger partial charge in [-0.05, 0) is 51.8 Å². The van der Waals surface area contributed by atoms with Crippen molar-refractivity contribution in [2.24, 2.45) is 0 Å². The Morgan fingerprint density at radius 2 is 1.95 bits per heavy atom. The Labute approximate surface area is 135 Å². The third-order valence-electron chi connectivity index (χ3n) is 2.90. The van der Waals surface area contributed by atoms with Gasteiger partial charge in [0.1, 0.15) is 0 Å². The number of carbonyl (C=O) groups is 1. The van der Waals surface area contributed by atoms with Crippen molar-refractivity contribution in [1.82, 2.24) is 4.90 Å². The molecule has 0 spiro atoms. The lowest BCUT2D eigenvalue weighted by Gasteiger charge is -2.18. The molecule has 0 aliphatic rings. The number of hydrogen-bond acceptors (Lipinski definition) is 2. The van der Waals surface area contributed by atoms with Crippen LogP contribution in [0.25, 0.3) is 0 Å². The molecule has 0 heterocycles. The Morgan fingerprint density at radius 1 is 1.20 bits per heavy atom. The lowest BCUT2D eigenvalue weighted by molar-refractivity contribution is 0.0785. The first-order chi connectivity index (χ1) is 9.47. The largest absolute Gasteiger partial charge is 0.398 e. The third-order valence-corrected chi connectivity index (χ3v) is 4.08. The summed E-state index contributed by atoms with van der Waals surface area (Å²) < 4.78 is 1.74. The van der Waals surface area contributed by atoms with Crippen LogP contribution in [0.5, 0.6) is 0 Å². The molecule has 20 heavy (non-hydrogen) atoms. The van der Waals surface area contributed by atoms with Crippen LogP contribution in [0, 0.1) is 0 Å². The SMILES string of the molecule is CN(Cc1cccc(Br)c1)C(=O)c1ccc(N)c(Br)c1. The number of rotatable bonds is 3. The number of nitrogens with two attached hydrogens (primary N) is 1. The van der Waals surface area contributed by atoms with Crippen molar-refractivity contribution in [3.8, 4) is 0 Å². The lowest BCUT2D eigenvalue weighted by Crippen LogP contribution is -2.26. The summed E-state index contributed by atoms with van der Waals surface area (Å²) in [7, 11) is 1.79. The van der Waals surface area contributed by atoms with Gasteiger partial charge in [0.25, 0.3) is 5.91 Å². The Morgan fingerprint density at radius 3 is 2.60 bits per heavy atom. The molecule has 0 radical (unpaired) electrons. The highest BCUT2D eigenvalue weighted by Crippen LogP contribution is 2.21. The van der Waals surface area contributed by atoms with Crippen LogP contribution in [-0.2, 0) is 6.54 Å². The minimum absolute atomic E-state index is 0.0364. The predicted molar refractivity (Wildman–Crippen MR) is 88.5 cm³/mol. The van der Waals surface area contributed by atoms with Crippen molar-refractivity contribution in [3.63, 3.8) is 0 Å². The van der Waals surface area contributed by atoms with E-state index in [1.807, 2.05) is 24.3 Å². The number of halogens is 2. The highest BCUT2D eigenvalue weighted by molar-refractivity contribution is 9.10. The highest BCUT2D eigenvalue weighted by Gasteiger charge is 2.13. The zero-order valence-electron chi connectivity index (χ0n) is 10.9. The van der Waals surface area contributed by atoms with Gasteiger partial charge < -0.3 is 10.6 Å². The van der Waals surface area contributed by atoms with Crippen molar-refractivity contribution < 1.29 is 4.79 Å². The zero-order valence-corrected chi connectivity index (χ0v) is 14.1. The first kappa shape index (κ1) is 15.1. The van der Waals surface area contributed by atoms with Crippen molar-refractivity contribution in [2.75, 3.05) is 12.8 Å². The van der Waals surface area contributed by atoms with Crippen molar-refractivity contribution in [1.29, 1.82) is 0 Å². The molecule has 5 heteroatoms. The van der Waals surface area contributed by atoms with Crippen LogP contribution in [0.15, 0.2) is 51.4 Å². The topological polar surface area (TPSA) is 46.3 Å². The van der Waals surface area contributed by atoms with Gasteiger partial charge in [-0.1, -0.05) is 28.1 Å². The van der Waals surface area contributed by atoms with E-state index < -0.39 is 0 Å². The minimum atomic E-state index is -0.0364. The van der Waals surface area contributed by atoms with Gasteiger partial charge in [0.05, 0.1) is 0 Å². The van der Waals surface area contributed by atoms with Gasteiger partial charge >= 0.3 is 0 Å².